The Hall–Kier alpha value is -4.00. The molecule has 0 aromatic heterocycles. The first-order valence-electron chi connectivity index (χ1n) is 11.9. The van der Waals surface area contributed by atoms with E-state index in [1.54, 1.807) is 33.2 Å². The Labute approximate surface area is 213 Å². The van der Waals surface area contributed by atoms with Crippen molar-refractivity contribution in [1.82, 2.24) is 10.2 Å². The maximum Gasteiger partial charge on any atom is 0.242 e. The number of amides is 2. The monoisotopic (exact) mass is 490 g/mol. The summed E-state index contributed by atoms with van der Waals surface area (Å²) in [4.78, 5) is 28.0. The van der Waals surface area contributed by atoms with Crippen LogP contribution in [0, 0.1) is 0 Å². The van der Waals surface area contributed by atoms with Gasteiger partial charge in [0.2, 0.25) is 11.8 Å². The third-order valence-corrected chi connectivity index (χ3v) is 6.04. The van der Waals surface area contributed by atoms with Gasteiger partial charge in [0.15, 0.2) is 11.5 Å². The number of carbonyl (C=O) groups excluding carboxylic acids is 2. The van der Waals surface area contributed by atoms with E-state index in [-0.39, 0.29) is 18.2 Å². The van der Waals surface area contributed by atoms with Crippen molar-refractivity contribution in [3.8, 4) is 17.2 Å². The first-order chi connectivity index (χ1) is 17.4. The molecule has 0 aliphatic carbocycles. The third-order valence-electron chi connectivity index (χ3n) is 6.04. The maximum atomic E-state index is 13.3. The Kier molecular flexibility index (Phi) is 9.74. The number of carbonyl (C=O) groups is 2. The van der Waals surface area contributed by atoms with Gasteiger partial charge in [-0.05, 0) is 54.3 Å². The van der Waals surface area contributed by atoms with Gasteiger partial charge in [0.05, 0.1) is 27.8 Å². The average Bonchev–Trinajstić information content (AvgIpc) is 2.91. The van der Waals surface area contributed by atoms with Crippen LogP contribution < -0.4 is 19.5 Å². The fraction of sp³-hybridized carbons (Fsp3) is 0.310. The molecule has 0 unspecified atom stereocenters. The number of hydrogen-bond acceptors (Lipinski definition) is 5. The topological polar surface area (TPSA) is 77.1 Å². The number of nitrogens with zero attached hydrogens (tertiary/aromatic N) is 1. The summed E-state index contributed by atoms with van der Waals surface area (Å²) in [5.41, 5.74) is 2.83. The Balaban J connectivity index is 1.67. The largest absolute Gasteiger partial charge is 0.497 e. The number of benzene rings is 3. The summed E-state index contributed by atoms with van der Waals surface area (Å²) < 4.78 is 15.9. The normalized spacial score (nSPS) is 11.3. The summed E-state index contributed by atoms with van der Waals surface area (Å²) in [6.45, 7) is 2.51. The van der Waals surface area contributed by atoms with Crippen molar-refractivity contribution in [2.75, 3.05) is 27.9 Å². The molecule has 7 heteroatoms. The second-order valence-electron chi connectivity index (χ2n) is 8.44. The highest BCUT2D eigenvalue weighted by Gasteiger charge is 2.26. The van der Waals surface area contributed by atoms with Crippen LogP contribution >= 0.6 is 0 Å². The van der Waals surface area contributed by atoms with Crippen LogP contribution in [0.25, 0.3) is 0 Å². The Bertz CT molecular complexity index is 1130. The van der Waals surface area contributed by atoms with Crippen LogP contribution in [0.5, 0.6) is 17.2 Å². The van der Waals surface area contributed by atoms with E-state index in [0.29, 0.717) is 31.0 Å². The van der Waals surface area contributed by atoms with Crippen molar-refractivity contribution >= 4 is 11.8 Å². The molecule has 0 heterocycles. The van der Waals surface area contributed by atoms with Crippen LogP contribution in [0.2, 0.25) is 0 Å². The quantitative estimate of drug-likeness (QED) is 0.415. The summed E-state index contributed by atoms with van der Waals surface area (Å²) in [5, 5.41) is 2.98. The smallest absolute Gasteiger partial charge is 0.242 e. The maximum absolute atomic E-state index is 13.3. The second kappa shape index (κ2) is 13.2. The molecule has 1 N–H and O–H groups in total. The van der Waals surface area contributed by atoms with Crippen molar-refractivity contribution < 1.29 is 23.8 Å². The van der Waals surface area contributed by atoms with E-state index >= 15 is 0 Å². The molecule has 2 amide bonds. The number of ether oxygens (including phenoxy) is 3. The zero-order chi connectivity index (χ0) is 25.9. The van der Waals surface area contributed by atoms with E-state index in [0.717, 1.165) is 22.4 Å². The predicted molar refractivity (Wildman–Crippen MR) is 139 cm³/mol. The van der Waals surface area contributed by atoms with Crippen LogP contribution in [-0.4, -0.2) is 50.6 Å². The molecule has 0 spiro atoms. The molecular weight excluding hydrogens is 456 g/mol. The van der Waals surface area contributed by atoms with Gasteiger partial charge in [0, 0.05) is 13.1 Å². The fourth-order valence-corrected chi connectivity index (χ4v) is 3.90. The first kappa shape index (κ1) is 26.6. The number of rotatable bonds is 12. The van der Waals surface area contributed by atoms with Crippen molar-refractivity contribution in [3.05, 3.63) is 89.5 Å². The van der Waals surface area contributed by atoms with E-state index < -0.39 is 6.04 Å². The lowest BCUT2D eigenvalue weighted by atomic mass is 10.1. The van der Waals surface area contributed by atoms with E-state index in [9.17, 15) is 9.59 Å². The summed E-state index contributed by atoms with van der Waals surface area (Å²) in [6.07, 6.45) is 0.843. The van der Waals surface area contributed by atoms with Crippen LogP contribution in [0.1, 0.15) is 23.6 Å². The molecule has 3 aromatic rings. The lowest BCUT2D eigenvalue weighted by Gasteiger charge is -2.29. The molecule has 0 radical (unpaired) electrons. The molecule has 0 bridgehead atoms. The van der Waals surface area contributed by atoms with Gasteiger partial charge in [-0.25, -0.2) is 0 Å². The molecule has 0 aliphatic rings. The van der Waals surface area contributed by atoms with Gasteiger partial charge < -0.3 is 24.4 Å². The van der Waals surface area contributed by atoms with Gasteiger partial charge in [0.25, 0.3) is 0 Å². The zero-order valence-corrected chi connectivity index (χ0v) is 21.3. The highest BCUT2D eigenvalue weighted by Crippen LogP contribution is 2.27. The van der Waals surface area contributed by atoms with Crippen molar-refractivity contribution in [1.29, 1.82) is 0 Å². The molecule has 0 fully saturated rings. The van der Waals surface area contributed by atoms with Gasteiger partial charge in [-0.1, -0.05) is 48.5 Å². The van der Waals surface area contributed by atoms with E-state index in [4.69, 9.17) is 14.2 Å². The molecular formula is C29H34N2O5. The molecule has 7 nitrogen and oxygen atoms in total. The van der Waals surface area contributed by atoms with Crippen molar-refractivity contribution in [2.45, 2.75) is 32.4 Å². The standard InChI is InChI=1S/C29H34N2O5/c1-21(29(33)30-17-16-23-12-15-26(35-3)27(18-23)36-4)31(20-24-10-13-25(34-2)14-11-24)28(32)19-22-8-6-5-7-9-22/h5-15,18,21H,16-17,19-20H2,1-4H3,(H,30,33)/t21-/m1/s1. The van der Waals surface area contributed by atoms with Gasteiger partial charge in [0.1, 0.15) is 11.8 Å². The molecule has 0 saturated carbocycles. The summed E-state index contributed by atoms with van der Waals surface area (Å²) in [6, 6.07) is 22.1. The van der Waals surface area contributed by atoms with Crippen molar-refractivity contribution in [3.63, 3.8) is 0 Å². The van der Waals surface area contributed by atoms with E-state index in [1.807, 2.05) is 72.8 Å². The lowest BCUT2D eigenvalue weighted by Crippen LogP contribution is -2.48. The predicted octanol–water partition coefficient (Wildman–Crippen LogP) is 4.03. The van der Waals surface area contributed by atoms with Crippen molar-refractivity contribution in [2.24, 2.45) is 0 Å². The van der Waals surface area contributed by atoms with Crippen LogP contribution in [0.3, 0.4) is 0 Å². The van der Waals surface area contributed by atoms with E-state index in [1.165, 1.54) is 0 Å². The average molecular weight is 491 g/mol. The summed E-state index contributed by atoms with van der Waals surface area (Å²) in [5.74, 6) is 1.73. The van der Waals surface area contributed by atoms with Gasteiger partial charge in [-0.15, -0.1) is 0 Å². The van der Waals surface area contributed by atoms with Crippen LogP contribution in [0.4, 0.5) is 0 Å². The highest BCUT2D eigenvalue weighted by atomic mass is 16.5. The third kappa shape index (κ3) is 7.25. The van der Waals surface area contributed by atoms with Gasteiger partial charge in [-0.2, -0.15) is 0 Å². The fourth-order valence-electron chi connectivity index (χ4n) is 3.90. The Morgan fingerprint density at radius 2 is 1.47 bits per heavy atom. The summed E-state index contributed by atoms with van der Waals surface area (Å²) in [7, 11) is 4.80. The molecule has 3 aromatic carbocycles. The first-order valence-corrected chi connectivity index (χ1v) is 11.9. The van der Waals surface area contributed by atoms with Gasteiger partial charge in [-0.3, -0.25) is 9.59 Å². The van der Waals surface area contributed by atoms with E-state index in [2.05, 4.69) is 5.32 Å². The SMILES string of the molecule is COc1ccc(CN(C(=O)Cc2ccccc2)[C@H](C)C(=O)NCCc2ccc(OC)c(OC)c2)cc1. The molecule has 0 aliphatic heterocycles. The molecule has 190 valence electrons. The Morgan fingerprint density at radius 3 is 2.11 bits per heavy atom. The second-order valence-corrected chi connectivity index (χ2v) is 8.44. The highest BCUT2D eigenvalue weighted by molar-refractivity contribution is 5.88. The van der Waals surface area contributed by atoms with Crippen LogP contribution in [0.15, 0.2) is 72.8 Å². The molecule has 3 rings (SSSR count). The molecule has 0 saturated heterocycles. The van der Waals surface area contributed by atoms with Gasteiger partial charge >= 0.3 is 0 Å². The summed E-state index contributed by atoms with van der Waals surface area (Å²) >= 11 is 0. The minimum Gasteiger partial charge on any atom is -0.497 e. The van der Waals surface area contributed by atoms with Crippen LogP contribution in [-0.2, 0) is 29.0 Å². The molecule has 36 heavy (non-hydrogen) atoms. The Morgan fingerprint density at radius 1 is 0.806 bits per heavy atom. The molecule has 1 atom stereocenters. The number of nitrogens with one attached hydrogen (secondary N) is 1. The zero-order valence-electron chi connectivity index (χ0n) is 21.3. The number of hydrogen-bond donors (Lipinski definition) is 1. The minimum atomic E-state index is -0.645. The number of methoxy groups -OCH3 is 3. The minimum absolute atomic E-state index is 0.112. The lowest BCUT2D eigenvalue weighted by molar-refractivity contribution is -0.140.